The molecular weight excluding hydrogens is 473 g/mol. The third-order valence-corrected chi connectivity index (χ3v) is 8.33. The van der Waals surface area contributed by atoms with Crippen LogP contribution in [0.4, 0.5) is 11.4 Å². The lowest BCUT2D eigenvalue weighted by Gasteiger charge is -2.26. The minimum absolute atomic E-state index is 0.0375. The maximum absolute atomic E-state index is 4.82. The smallest absolute Gasteiger partial charge is 0.393 e. The summed E-state index contributed by atoms with van der Waals surface area (Å²) in [5.74, 6) is 0. The van der Waals surface area contributed by atoms with Gasteiger partial charge < -0.3 is 9.62 Å². The van der Waals surface area contributed by atoms with E-state index in [0.29, 0.717) is 0 Å². The quantitative estimate of drug-likeness (QED) is 0.232. The summed E-state index contributed by atoms with van der Waals surface area (Å²) in [5.41, 5.74) is 12.5. The molecule has 4 heteroatoms. The van der Waals surface area contributed by atoms with Crippen LogP contribution >= 0.6 is 0 Å². The summed E-state index contributed by atoms with van der Waals surface area (Å²) >= 11 is 0. The summed E-state index contributed by atoms with van der Waals surface area (Å²) in [5, 5.41) is 2.57. The zero-order valence-corrected chi connectivity index (χ0v) is 24.1. The van der Waals surface area contributed by atoms with Gasteiger partial charge in [-0.1, -0.05) is 80.4 Å². The number of fused-ring (bicyclic) bond motifs is 2. The second-order valence-corrected chi connectivity index (χ2v) is 12.0. The lowest BCUT2D eigenvalue weighted by atomic mass is 9.62. The van der Waals surface area contributed by atoms with Gasteiger partial charge in [-0.3, -0.25) is 4.98 Å². The molecule has 0 unspecified atom stereocenters. The maximum atomic E-state index is 4.82. The Hall–Kier alpha value is -4.05. The second-order valence-electron chi connectivity index (χ2n) is 12.0. The van der Waals surface area contributed by atoms with E-state index < -0.39 is 0 Å². The van der Waals surface area contributed by atoms with E-state index in [2.05, 4.69) is 143 Å². The summed E-state index contributed by atoms with van der Waals surface area (Å²) in [6.45, 7) is 11.5. The highest BCUT2D eigenvalue weighted by Gasteiger charge is 2.39. The highest BCUT2D eigenvalue weighted by Crippen LogP contribution is 2.40. The van der Waals surface area contributed by atoms with Crippen LogP contribution in [0, 0.1) is 13.8 Å². The predicted octanol–water partition coefficient (Wildman–Crippen LogP) is 7.76. The third-order valence-electron chi connectivity index (χ3n) is 8.33. The van der Waals surface area contributed by atoms with Gasteiger partial charge in [0.15, 0.2) is 0 Å². The minimum atomic E-state index is 0.0375. The van der Waals surface area contributed by atoms with Gasteiger partial charge in [0.2, 0.25) is 0 Å². The summed E-state index contributed by atoms with van der Waals surface area (Å²) in [4.78, 5) is 9.63. The summed E-state index contributed by atoms with van der Waals surface area (Å²) < 4.78 is 0. The van der Waals surface area contributed by atoms with Crippen LogP contribution in [0.15, 0.2) is 91.1 Å². The van der Waals surface area contributed by atoms with Crippen LogP contribution in [-0.4, -0.2) is 26.1 Å². The molecule has 4 aromatic carbocycles. The van der Waals surface area contributed by atoms with Gasteiger partial charge in [0, 0.05) is 23.1 Å². The lowest BCUT2D eigenvalue weighted by Crippen LogP contribution is -2.55. The average Bonchev–Trinajstić information content (AvgIpc) is 3.16. The van der Waals surface area contributed by atoms with Crippen LogP contribution in [0.3, 0.4) is 0 Å². The second kappa shape index (κ2) is 9.30. The van der Waals surface area contributed by atoms with Crippen LogP contribution in [-0.2, 0) is 5.41 Å². The van der Waals surface area contributed by atoms with Crippen LogP contribution in [0.5, 0.6) is 0 Å². The lowest BCUT2D eigenvalue weighted by molar-refractivity contribution is 0.596. The number of hydrogen-bond acceptors (Lipinski definition) is 3. The average molecular weight is 510 g/mol. The molecule has 0 bridgehead atoms. The fourth-order valence-corrected chi connectivity index (χ4v) is 6.28. The van der Waals surface area contributed by atoms with Crippen molar-refractivity contribution in [1.82, 2.24) is 4.98 Å². The molecule has 194 valence electrons. The van der Waals surface area contributed by atoms with Crippen LogP contribution in [0.2, 0.25) is 0 Å². The topological polar surface area (TPSA) is 19.4 Å². The Balaban J connectivity index is 1.41. The minimum Gasteiger partial charge on any atom is -0.393 e. The molecule has 0 radical (unpaired) electrons. The number of nitrogens with zero attached hydrogens (tertiary/aromatic N) is 3. The van der Waals surface area contributed by atoms with E-state index in [0.717, 1.165) is 11.3 Å². The molecule has 0 fully saturated rings. The first-order valence-electron chi connectivity index (χ1n) is 13.8. The van der Waals surface area contributed by atoms with Gasteiger partial charge >= 0.3 is 6.98 Å². The molecule has 6 rings (SSSR count). The van der Waals surface area contributed by atoms with Crippen molar-refractivity contribution in [1.29, 1.82) is 0 Å². The van der Waals surface area contributed by atoms with Gasteiger partial charge in [-0.05, 0) is 103 Å². The molecule has 0 atom stereocenters. The number of anilines is 2. The molecule has 0 saturated heterocycles. The first-order valence-corrected chi connectivity index (χ1v) is 13.8. The van der Waals surface area contributed by atoms with Gasteiger partial charge in [-0.2, -0.15) is 0 Å². The summed E-state index contributed by atoms with van der Waals surface area (Å²) in [7, 11) is 4.42. The standard InChI is InChI=1S/C35H36BN3/c1-23-11-10-12-24(2)34(23)36-38(6)32-16-15-25(22-33(32)39(36)7)26-17-18-37-31(21-26)28-19-27-13-8-9-14-29(27)30(20-28)35(3,4)5/h8-22H,1-7H3. The van der Waals surface area contributed by atoms with E-state index in [1.807, 2.05) is 6.20 Å². The molecule has 0 spiro atoms. The Morgan fingerprint density at radius 2 is 1.36 bits per heavy atom. The SMILES string of the molecule is Cc1cccc(C)c1B1N(C)c2ccc(-c3ccnc(-c4cc(C(C)(C)C)c5ccccc5c4)c3)cc2N1C. The largest absolute Gasteiger partial charge is 0.411 e. The maximum Gasteiger partial charge on any atom is 0.411 e. The zero-order chi connectivity index (χ0) is 27.5. The highest BCUT2D eigenvalue weighted by molar-refractivity contribution is 6.82. The van der Waals surface area contributed by atoms with Gasteiger partial charge in [-0.15, -0.1) is 0 Å². The van der Waals surface area contributed by atoms with E-state index in [-0.39, 0.29) is 12.4 Å². The van der Waals surface area contributed by atoms with Gasteiger partial charge in [0.25, 0.3) is 0 Å². The molecule has 0 saturated carbocycles. The molecule has 0 amide bonds. The van der Waals surface area contributed by atoms with Crippen LogP contribution in [0.1, 0.15) is 37.5 Å². The van der Waals surface area contributed by atoms with Crippen molar-refractivity contribution >= 4 is 34.6 Å². The van der Waals surface area contributed by atoms with Crippen molar-refractivity contribution in [3.63, 3.8) is 0 Å². The molecule has 2 heterocycles. The first kappa shape index (κ1) is 25.2. The number of pyridine rings is 1. The number of rotatable bonds is 3. The Labute approximate surface area is 233 Å². The molecule has 5 aromatic rings. The molecule has 0 N–H and O–H groups in total. The Kier molecular flexibility index (Phi) is 6.02. The monoisotopic (exact) mass is 509 g/mol. The normalized spacial score (nSPS) is 13.4. The number of aryl methyl sites for hydroxylation is 2. The van der Waals surface area contributed by atoms with Crippen molar-refractivity contribution in [2.45, 2.75) is 40.0 Å². The van der Waals surface area contributed by atoms with E-state index in [9.17, 15) is 0 Å². The predicted molar refractivity (Wildman–Crippen MR) is 169 cm³/mol. The summed E-state index contributed by atoms with van der Waals surface area (Å²) in [6.07, 6.45) is 1.94. The third kappa shape index (κ3) is 4.28. The Bertz CT molecular complexity index is 1700. The molecule has 1 aliphatic heterocycles. The fourth-order valence-electron chi connectivity index (χ4n) is 6.28. The van der Waals surface area contributed by atoms with E-state index in [4.69, 9.17) is 4.98 Å². The van der Waals surface area contributed by atoms with Crippen LogP contribution in [0.25, 0.3) is 33.2 Å². The van der Waals surface area contributed by atoms with Crippen molar-refractivity contribution in [3.8, 4) is 22.4 Å². The number of aromatic nitrogens is 1. The number of hydrogen-bond donors (Lipinski definition) is 0. The van der Waals surface area contributed by atoms with Crippen molar-refractivity contribution in [2.24, 2.45) is 0 Å². The van der Waals surface area contributed by atoms with Crippen LogP contribution < -0.4 is 15.1 Å². The van der Waals surface area contributed by atoms with Crippen molar-refractivity contribution < 1.29 is 0 Å². The molecule has 39 heavy (non-hydrogen) atoms. The number of benzene rings is 4. The first-order chi connectivity index (χ1) is 18.6. The Morgan fingerprint density at radius 3 is 2.10 bits per heavy atom. The molecule has 3 nitrogen and oxygen atoms in total. The van der Waals surface area contributed by atoms with Gasteiger partial charge in [0.1, 0.15) is 0 Å². The molecule has 1 aromatic heterocycles. The Morgan fingerprint density at radius 1 is 0.667 bits per heavy atom. The summed E-state index contributed by atoms with van der Waals surface area (Å²) in [6, 6.07) is 31.1. The molecule has 0 aliphatic carbocycles. The van der Waals surface area contributed by atoms with E-state index in [1.54, 1.807) is 0 Å². The highest BCUT2D eigenvalue weighted by atomic mass is 15.3. The van der Waals surface area contributed by atoms with Crippen molar-refractivity contribution in [3.05, 3.63) is 108 Å². The van der Waals surface area contributed by atoms with E-state index >= 15 is 0 Å². The van der Waals surface area contributed by atoms with Crippen molar-refractivity contribution in [2.75, 3.05) is 23.7 Å². The van der Waals surface area contributed by atoms with Gasteiger partial charge in [0.05, 0.1) is 5.69 Å². The fraction of sp³-hybridized carbons (Fsp3) is 0.229. The molecular formula is C35H36BN3. The van der Waals surface area contributed by atoms with Gasteiger partial charge in [-0.25, -0.2) is 0 Å². The molecule has 1 aliphatic rings. The van der Waals surface area contributed by atoms with E-state index in [1.165, 1.54) is 55.4 Å². The zero-order valence-electron chi connectivity index (χ0n) is 24.1.